The maximum absolute atomic E-state index is 9.11. The molecule has 1 aromatic rings. The Morgan fingerprint density at radius 1 is 1.38 bits per heavy atom. The van der Waals surface area contributed by atoms with Gasteiger partial charge in [0.25, 0.3) is 0 Å². The Balaban J connectivity index is 2.33. The SMILES string of the molecule is N[C@@H]1c2ccccc2CC[C@@H]1CO. The summed E-state index contributed by atoms with van der Waals surface area (Å²) in [4.78, 5) is 0. The number of benzene rings is 1. The van der Waals surface area contributed by atoms with Crippen molar-refractivity contribution < 1.29 is 5.11 Å². The molecule has 2 rings (SSSR count). The molecule has 0 heterocycles. The lowest BCUT2D eigenvalue weighted by Gasteiger charge is -2.29. The molecular formula is C11H15NO. The lowest BCUT2D eigenvalue weighted by molar-refractivity contribution is 0.190. The van der Waals surface area contributed by atoms with Crippen molar-refractivity contribution in [3.8, 4) is 0 Å². The summed E-state index contributed by atoms with van der Waals surface area (Å²) in [6.45, 7) is 0.204. The molecule has 0 spiro atoms. The second-order valence-corrected chi connectivity index (χ2v) is 3.71. The molecule has 0 amide bonds. The fourth-order valence-electron chi connectivity index (χ4n) is 2.07. The van der Waals surface area contributed by atoms with E-state index in [4.69, 9.17) is 10.8 Å². The molecule has 0 aromatic heterocycles. The number of hydrogen-bond donors (Lipinski definition) is 2. The topological polar surface area (TPSA) is 46.2 Å². The van der Waals surface area contributed by atoms with E-state index in [-0.39, 0.29) is 18.6 Å². The predicted molar refractivity (Wildman–Crippen MR) is 52.3 cm³/mol. The maximum atomic E-state index is 9.11. The van der Waals surface area contributed by atoms with Crippen LogP contribution in [0.5, 0.6) is 0 Å². The van der Waals surface area contributed by atoms with Crippen LogP contribution in [-0.4, -0.2) is 11.7 Å². The molecule has 0 bridgehead atoms. The highest BCUT2D eigenvalue weighted by molar-refractivity contribution is 5.32. The van der Waals surface area contributed by atoms with Gasteiger partial charge in [0.1, 0.15) is 0 Å². The van der Waals surface area contributed by atoms with Gasteiger partial charge in [-0.2, -0.15) is 0 Å². The molecule has 13 heavy (non-hydrogen) atoms. The lowest BCUT2D eigenvalue weighted by atomic mass is 9.81. The fraction of sp³-hybridized carbons (Fsp3) is 0.455. The lowest BCUT2D eigenvalue weighted by Crippen LogP contribution is -2.29. The van der Waals surface area contributed by atoms with Crippen molar-refractivity contribution in [2.24, 2.45) is 11.7 Å². The zero-order valence-electron chi connectivity index (χ0n) is 7.61. The number of fused-ring (bicyclic) bond motifs is 1. The normalized spacial score (nSPS) is 26.9. The Bertz CT molecular complexity index is 298. The summed E-state index contributed by atoms with van der Waals surface area (Å²) in [5.74, 6) is 0.245. The third-order valence-electron chi connectivity index (χ3n) is 2.94. The van der Waals surface area contributed by atoms with Gasteiger partial charge in [0.15, 0.2) is 0 Å². The van der Waals surface area contributed by atoms with E-state index >= 15 is 0 Å². The fourth-order valence-corrected chi connectivity index (χ4v) is 2.07. The van der Waals surface area contributed by atoms with E-state index in [9.17, 15) is 0 Å². The molecule has 2 heteroatoms. The van der Waals surface area contributed by atoms with Crippen LogP contribution in [0, 0.1) is 5.92 Å². The minimum Gasteiger partial charge on any atom is -0.396 e. The third-order valence-corrected chi connectivity index (χ3v) is 2.94. The highest BCUT2D eigenvalue weighted by Gasteiger charge is 2.25. The molecule has 0 saturated heterocycles. The minimum atomic E-state index is 0.0231. The first kappa shape index (κ1) is 8.73. The van der Waals surface area contributed by atoms with Gasteiger partial charge in [-0.1, -0.05) is 24.3 Å². The van der Waals surface area contributed by atoms with Crippen molar-refractivity contribution in [2.45, 2.75) is 18.9 Å². The summed E-state index contributed by atoms with van der Waals surface area (Å²) in [6, 6.07) is 8.28. The molecule has 1 aliphatic carbocycles. The Hall–Kier alpha value is -0.860. The summed E-state index contributed by atoms with van der Waals surface area (Å²) in [5.41, 5.74) is 8.60. The summed E-state index contributed by atoms with van der Waals surface area (Å²) < 4.78 is 0. The van der Waals surface area contributed by atoms with Crippen molar-refractivity contribution in [3.63, 3.8) is 0 Å². The van der Waals surface area contributed by atoms with Gasteiger partial charge >= 0.3 is 0 Å². The smallest absolute Gasteiger partial charge is 0.0477 e. The number of aliphatic hydroxyl groups excluding tert-OH is 1. The quantitative estimate of drug-likeness (QED) is 0.678. The molecule has 0 fully saturated rings. The van der Waals surface area contributed by atoms with E-state index in [1.165, 1.54) is 11.1 Å². The van der Waals surface area contributed by atoms with E-state index in [0.29, 0.717) is 0 Å². The van der Waals surface area contributed by atoms with Crippen LogP contribution in [0.25, 0.3) is 0 Å². The van der Waals surface area contributed by atoms with Gasteiger partial charge in [-0.15, -0.1) is 0 Å². The molecule has 2 atom stereocenters. The number of rotatable bonds is 1. The van der Waals surface area contributed by atoms with Crippen molar-refractivity contribution in [1.82, 2.24) is 0 Å². The molecule has 1 aromatic carbocycles. The van der Waals surface area contributed by atoms with Gasteiger partial charge in [0.05, 0.1) is 0 Å². The number of nitrogens with two attached hydrogens (primary N) is 1. The van der Waals surface area contributed by atoms with Crippen LogP contribution in [0.1, 0.15) is 23.6 Å². The van der Waals surface area contributed by atoms with E-state index in [1.54, 1.807) is 0 Å². The Labute approximate surface area is 78.4 Å². The standard InChI is InChI=1S/C11H15NO/c12-11-9(7-13)6-5-8-3-1-2-4-10(8)11/h1-4,9,11,13H,5-7,12H2/t9-,11+/m1/s1. The van der Waals surface area contributed by atoms with Crippen LogP contribution < -0.4 is 5.73 Å². The van der Waals surface area contributed by atoms with Crippen LogP contribution in [0.4, 0.5) is 0 Å². The first-order valence-corrected chi connectivity index (χ1v) is 4.77. The third kappa shape index (κ3) is 1.47. The van der Waals surface area contributed by atoms with Crippen LogP contribution in [0.3, 0.4) is 0 Å². The van der Waals surface area contributed by atoms with Gasteiger partial charge in [0.2, 0.25) is 0 Å². The second kappa shape index (κ2) is 3.48. The highest BCUT2D eigenvalue weighted by Crippen LogP contribution is 2.31. The molecule has 0 unspecified atom stereocenters. The molecule has 70 valence electrons. The van der Waals surface area contributed by atoms with Crippen molar-refractivity contribution >= 4 is 0 Å². The zero-order valence-corrected chi connectivity index (χ0v) is 7.61. The Morgan fingerprint density at radius 3 is 2.92 bits per heavy atom. The second-order valence-electron chi connectivity index (χ2n) is 3.71. The van der Waals surface area contributed by atoms with E-state index in [0.717, 1.165) is 12.8 Å². The molecule has 0 radical (unpaired) electrons. The number of hydrogen-bond acceptors (Lipinski definition) is 2. The van der Waals surface area contributed by atoms with Gasteiger partial charge in [0, 0.05) is 18.6 Å². The van der Waals surface area contributed by atoms with Gasteiger partial charge in [-0.25, -0.2) is 0 Å². The average molecular weight is 177 g/mol. The molecule has 3 N–H and O–H groups in total. The largest absolute Gasteiger partial charge is 0.396 e. The van der Waals surface area contributed by atoms with Crippen LogP contribution >= 0.6 is 0 Å². The van der Waals surface area contributed by atoms with Crippen LogP contribution in [-0.2, 0) is 6.42 Å². The van der Waals surface area contributed by atoms with Crippen molar-refractivity contribution in [2.75, 3.05) is 6.61 Å². The average Bonchev–Trinajstić information content (AvgIpc) is 2.19. The molecule has 0 saturated carbocycles. The summed E-state index contributed by atoms with van der Waals surface area (Å²) in [5, 5.41) is 9.11. The van der Waals surface area contributed by atoms with E-state index in [1.807, 2.05) is 12.1 Å². The van der Waals surface area contributed by atoms with Gasteiger partial charge in [-0.3, -0.25) is 0 Å². The van der Waals surface area contributed by atoms with Crippen LogP contribution in [0.15, 0.2) is 24.3 Å². The van der Waals surface area contributed by atoms with Crippen molar-refractivity contribution in [1.29, 1.82) is 0 Å². The minimum absolute atomic E-state index is 0.0231. The van der Waals surface area contributed by atoms with Gasteiger partial charge in [-0.05, 0) is 24.0 Å². The summed E-state index contributed by atoms with van der Waals surface area (Å²) >= 11 is 0. The first-order chi connectivity index (χ1) is 6.33. The van der Waals surface area contributed by atoms with Crippen molar-refractivity contribution in [3.05, 3.63) is 35.4 Å². The zero-order chi connectivity index (χ0) is 9.26. The monoisotopic (exact) mass is 177 g/mol. The number of aryl methyl sites for hydroxylation is 1. The highest BCUT2D eigenvalue weighted by atomic mass is 16.3. The Morgan fingerprint density at radius 2 is 2.15 bits per heavy atom. The summed E-state index contributed by atoms with van der Waals surface area (Å²) in [7, 11) is 0. The van der Waals surface area contributed by atoms with Gasteiger partial charge < -0.3 is 10.8 Å². The molecule has 0 aliphatic heterocycles. The van der Waals surface area contributed by atoms with Crippen LogP contribution in [0.2, 0.25) is 0 Å². The molecule has 1 aliphatic rings. The Kier molecular flexibility index (Phi) is 2.34. The van der Waals surface area contributed by atoms with E-state index < -0.39 is 0 Å². The van der Waals surface area contributed by atoms with E-state index in [2.05, 4.69) is 12.1 Å². The predicted octanol–water partition coefficient (Wildman–Crippen LogP) is 1.24. The maximum Gasteiger partial charge on any atom is 0.0477 e. The summed E-state index contributed by atoms with van der Waals surface area (Å²) in [6.07, 6.45) is 2.06. The molecule has 2 nitrogen and oxygen atoms in total. The number of aliphatic hydroxyl groups is 1. The first-order valence-electron chi connectivity index (χ1n) is 4.77. The molecular weight excluding hydrogens is 162 g/mol.